The number of unbranched alkanes of at least 4 members (excludes halogenated alkanes) is 1. The molecular formula is C15H30N2. The van der Waals surface area contributed by atoms with Gasteiger partial charge in [-0.1, -0.05) is 19.8 Å². The van der Waals surface area contributed by atoms with Crippen LogP contribution in [-0.2, 0) is 0 Å². The lowest BCUT2D eigenvalue weighted by atomic mass is 9.85. The van der Waals surface area contributed by atoms with Gasteiger partial charge in [-0.15, -0.1) is 0 Å². The van der Waals surface area contributed by atoms with Crippen molar-refractivity contribution in [1.29, 1.82) is 0 Å². The molecule has 17 heavy (non-hydrogen) atoms. The minimum absolute atomic E-state index is 0.861. The van der Waals surface area contributed by atoms with Gasteiger partial charge in [0, 0.05) is 12.1 Å². The number of nitrogens with one attached hydrogen (secondary N) is 1. The monoisotopic (exact) mass is 238 g/mol. The molecular weight excluding hydrogens is 208 g/mol. The van der Waals surface area contributed by atoms with Gasteiger partial charge < -0.3 is 10.2 Å². The molecule has 2 aliphatic carbocycles. The SMILES string of the molecule is CC1CCCCC1N(C)CCCCNC1CC1. The molecule has 2 fully saturated rings. The maximum Gasteiger partial charge on any atom is 0.0118 e. The molecule has 0 aromatic rings. The van der Waals surface area contributed by atoms with E-state index < -0.39 is 0 Å². The third kappa shape index (κ3) is 4.59. The molecule has 0 radical (unpaired) electrons. The number of nitrogens with zero attached hydrogens (tertiary/aromatic N) is 1. The molecule has 2 saturated carbocycles. The molecule has 2 nitrogen and oxygen atoms in total. The summed E-state index contributed by atoms with van der Waals surface area (Å²) in [7, 11) is 2.33. The summed E-state index contributed by atoms with van der Waals surface area (Å²) >= 11 is 0. The van der Waals surface area contributed by atoms with E-state index >= 15 is 0 Å². The molecule has 0 amide bonds. The highest BCUT2D eigenvalue weighted by Gasteiger charge is 2.24. The van der Waals surface area contributed by atoms with Crippen molar-refractivity contribution in [2.75, 3.05) is 20.1 Å². The summed E-state index contributed by atoms with van der Waals surface area (Å²) < 4.78 is 0. The molecule has 2 unspecified atom stereocenters. The van der Waals surface area contributed by atoms with E-state index in [-0.39, 0.29) is 0 Å². The van der Waals surface area contributed by atoms with Crippen LogP contribution in [0.15, 0.2) is 0 Å². The highest BCUT2D eigenvalue weighted by Crippen LogP contribution is 2.27. The molecule has 0 aliphatic heterocycles. The normalized spacial score (nSPS) is 29.8. The van der Waals surface area contributed by atoms with Gasteiger partial charge in [0.2, 0.25) is 0 Å². The molecule has 100 valence electrons. The van der Waals surface area contributed by atoms with Crippen molar-refractivity contribution in [3.63, 3.8) is 0 Å². The Morgan fingerprint density at radius 2 is 1.82 bits per heavy atom. The van der Waals surface area contributed by atoms with Crippen LogP contribution in [0.4, 0.5) is 0 Å². The molecule has 0 bridgehead atoms. The van der Waals surface area contributed by atoms with Gasteiger partial charge in [-0.3, -0.25) is 0 Å². The zero-order valence-corrected chi connectivity index (χ0v) is 11.8. The van der Waals surface area contributed by atoms with Crippen LogP contribution in [-0.4, -0.2) is 37.1 Å². The second-order valence-electron chi connectivity index (χ2n) is 6.25. The van der Waals surface area contributed by atoms with Crippen LogP contribution in [0.3, 0.4) is 0 Å². The molecule has 1 N–H and O–H groups in total. The minimum atomic E-state index is 0.861. The number of rotatable bonds is 7. The fourth-order valence-corrected chi connectivity index (χ4v) is 3.20. The minimum Gasteiger partial charge on any atom is -0.314 e. The van der Waals surface area contributed by atoms with Crippen LogP contribution in [0.25, 0.3) is 0 Å². The van der Waals surface area contributed by atoms with Crippen LogP contribution in [0.5, 0.6) is 0 Å². The summed E-state index contributed by atoms with van der Waals surface area (Å²) in [5.74, 6) is 0.915. The smallest absolute Gasteiger partial charge is 0.0118 e. The van der Waals surface area contributed by atoms with Gasteiger partial charge in [0.1, 0.15) is 0 Å². The Hall–Kier alpha value is -0.0800. The third-order valence-electron chi connectivity index (χ3n) is 4.58. The third-order valence-corrected chi connectivity index (χ3v) is 4.58. The molecule has 2 heteroatoms. The Morgan fingerprint density at radius 3 is 2.53 bits per heavy atom. The largest absolute Gasteiger partial charge is 0.314 e. The van der Waals surface area contributed by atoms with E-state index in [9.17, 15) is 0 Å². The zero-order valence-electron chi connectivity index (χ0n) is 11.8. The van der Waals surface area contributed by atoms with Crippen LogP contribution >= 0.6 is 0 Å². The first-order chi connectivity index (χ1) is 8.27. The first-order valence-corrected chi connectivity index (χ1v) is 7.71. The van der Waals surface area contributed by atoms with E-state index in [0.717, 1.165) is 18.0 Å². The lowest BCUT2D eigenvalue weighted by molar-refractivity contribution is 0.137. The first-order valence-electron chi connectivity index (χ1n) is 7.71. The van der Waals surface area contributed by atoms with E-state index in [1.807, 2.05) is 0 Å². The Kier molecular flexibility index (Phi) is 5.30. The van der Waals surface area contributed by atoms with E-state index in [2.05, 4.69) is 24.2 Å². The Balaban J connectivity index is 1.53. The van der Waals surface area contributed by atoms with Gasteiger partial charge in [0.15, 0.2) is 0 Å². The molecule has 0 saturated heterocycles. The second kappa shape index (κ2) is 6.75. The summed E-state index contributed by atoms with van der Waals surface area (Å²) in [4.78, 5) is 2.63. The van der Waals surface area contributed by atoms with E-state index in [1.54, 1.807) is 0 Å². The van der Waals surface area contributed by atoms with Gasteiger partial charge >= 0.3 is 0 Å². The summed E-state index contributed by atoms with van der Waals surface area (Å²) in [6, 6.07) is 1.74. The van der Waals surface area contributed by atoms with Crippen molar-refractivity contribution in [3.8, 4) is 0 Å². The van der Waals surface area contributed by atoms with Crippen LogP contribution < -0.4 is 5.32 Å². The fourth-order valence-electron chi connectivity index (χ4n) is 3.20. The van der Waals surface area contributed by atoms with Crippen molar-refractivity contribution >= 4 is 0 Å². The van der Waals surface area contributed by atoms with Crippen LogP contribution in [0, 0.1) is 5.92 Å². The zero-order chi connectivity index (χ0) is 12.1. The summed E-state index contributed by atoms with van der Waals surface area (Å²) in [5.41, 5.74) is 0. The van der Waals surface area contributed by atoms with Gasteiger partial charge in [0.05, 0.1) is 0 Å². The van der Waals surface area contributed by atoms with Crippen LogP contribution in [0.2, 0.25) is 0 Å². The molecule has 2 aliphatic rings. The fraction of sp³-hybridized carbons (Fsp3) is 1.00. The van der Waals surface area contributed by atoms with Crippen molar-refractivity contribution in [2.24, 2.45) is 5.92 Å². The topological polar surface area (TPSA) is 15.3 Å². The molecule has 2 rings (SSSR count). The van der Waals surface area contributed by atoms with Crippen molar-refractivity contribution in [1.82, 2.24) is 10.2 Å². The highest BCUT2D eigenvalue weighted by molar-refractivity contribution is 4.81. The molecule has 0 spiro atoms. The lowest BCUT2D eigenvalue weighted by Gasteiger charge is -2.36. The quantitative estimate of drug-likeness (QED) is 0.686. The predicted molar refractivity (Wildman–Crippen MR) is 74.3 cm³/mol. The van der Waals surface area contributed by atoms with Gasteiger partial charge in [-0.2, -0.15) is 0 Å². The van der Waals surface area contributed by atoms with E-state index in [4.69, 9.17) is 0 Å². The van der Waals surface area contributed by atoms with E-state index in [0.29, 0.717) is 0 Å². The standard InChI is InChI=1S/C15H30N2/c1-13-7-3-4-8-15(13)17(2)12-6-5-11-16-14-9-10-14/h13-16H,3-12H2,1-2H3. The average Bonchev–Trinajstić information content (AvgIpc) is 3.13. The maximum atomic E-state index is 3.60. The highest BCUT2D eigenvalue weighted by atomic mass is 15.1. The predicted octanol–water partition coefficient (Wildman–Crippen LogP) is 3.03. The van der Waals surface area contributed by atoms with Crippen molar-refractivity contribution in [2.45, 2.75) is 70.4 Å². The average molecular weight is 238 g/mol. The van der Waals surface area contributed by atoms with Crippen LogP contribution in [0.1, 0.15) is 58.3 Å². The van der Waals surface area contributed by atoms with Crippen molar-refractivity contribution in [3.05, 3.63) is 0 Å². The summed E-state index contributed by atoms with van der Waals surface area (Å²) in [6.45, 7) is 4.97. The Bertz CT molecular complexity index is 213. The Labute approximate surface area is 107 Å². The molecule has 2 atom stereocenters. The summed E-state index contributed by atoms with van der Waals surface area (Å²) in [5, 5.41) is 3.60. The first kappa shape index (κ1) is 13.4. The molecule has 0 aromatic heterocycles. The summed E-state index contributed by atoms with van der Waals surface area (Å²) in [6.07, 6.45) is 11.3. The maximum absolute atomic E-state index is 3.60. The molecule has 0 aromatic carbocycles. The van der Waals surface area contributed by atoms with Crippen molar-refractivity contribution < 1.29 is 0 Å². The number of hydrogen-bond donors (Lipinski definition) is 1. The van der Waals surface area contributed by atoms with E-state index in [1.165, 1.54) is 64.5 Å². The lowest BCUT2D eigenvalue weighted by Crippen LogP contribution is -2.39. The van der Waals surface area contributed by atoms with Gasteiger partial charge in [0.25, 0.3) is 0 Å². The number of hydrogen-bond acceptors (Lipinski definition) is 2. The second-order valence-corrected chi connectivity index (χ2v) is 6.25. The Morgan fingerprint density at radius 1 is 1.06 bits per heavy atom. The molecule has 0 heterocycles. The van der Waals surface area contributed by atoms with Gasteiger partial charge in [-0.05, 0) is 64.6 Å². The van der Waals surface area contributed by atoms with Gasteiger partial charge in [-0.25, -0.2) is 0 Å².